The quantitative estimate of drug-likeness (QED) is 0.815. The third-order valence-electron chi connectivity index (χ3n) is 2.90. The Morgan fingerprint density at radius 3 is 2.14 bits per heavy atom. The van der Waals surface area contributed by atoms with Crippen molar-refractivity contribution >= 4 is 11.9 Å². The lowest BCUT2D eigenvalue weighted by molar-refractivity contribution is -0.159. The number of halogens is 2. The second kappa shape index (κ2) is 7.33. The van der Waals surface area contributed by atoms with E-state index in [1.54, 1.807) is 20.8 Å². The number of carbonyl (C=O) groups excluding carboxylic acids is 1. The summed E-state index contributed by atoms with van der Waals surface area (Å²) in [5, 5.41) is 9.20. The first-order chi connectivity index (χ1) is 10.1. The van der Waals surface area contributed by atoms with Crippen molar-refractivity contribution in [3.05, 3.63) is 35.4 Å². The summed E-state index contributed by atoms with van der Waals surface area (Å²) in [5.41, 5.74) is -0.220. The van der Waals surface area contributed by atoms with Crippen molar-refractivity contribution in [1.29, 1.82) is 0 Å². The molecule has 0 saturated heterocycles. The van der Waals surface area contributed by atoms with Crippen LogP contribution in [0.3, 0.4) is 0 Å². The minimum Gasteiger partial charge on any atom is -0.481 e. The number of alkyl halides is 2. The molecule has 0 saturated carbocycles. The fourth-order valence-electron chi connectivity index (χ4n) is 1.91. The van der Waals surface area contributed by atoms with E-state index in [-0.39, 0.29) is 18.4 Å². The Kier molecular flexibility index (Phi) is 6.02. The van der Waals surface area contributed by atoms with Crippen LogP contribution in [-0.4, -0.2) is 22.6 Å². The first kappa shape index (κ1) is 18.1. The summed E-state index contributed by atoms with van der Waals surface area (Å²) >= 11 is 0. The lowest BCUT2D eigenvalue weighted by Crippen LogP contribution is -2.28. The zero-order valence-electron chi connectivity index (χ0n) is 12.8. The van der Waals surface area contributed by atoms with Crippen molar-refractivity contribution in [2.24, 2.45) is 5.92 Å². The Labute approximate surface area is 128 Å². The van der Waals surface area contributed by atoms with Gasteiger partial charge in [0.1, 0.15) is 5.60 Å². The molecule has 0 aliphatic heterocycles. The van der Waals surface area contributed by atoms with E-state index in [1.807, 2.05) is 0 Å². The molecule has 6 heteroatoms. The molecule has 0 fully saturated rings. The molecular weight excluding hydrogens is 294 g/mol. The highest BCUT2D eigenvalue weighted by atomic mass is 19.3. The number of benzene rings is 1. The molecule has 122 valence electrons. The van der Waals surface area contributed by atoms with Gasteiger partial charge in [0.05, 0.1) is 12.3 Å². The zero-order chi connectivity index (χ0) is 16.9. The fourth-order valence-corrected chi connectivity index (χ4v) is 1.91. The van der Waals surface area contributed by atoms with Crippen molar-refractivity contribution in [1.82, 2.24) is 0 Å². The van der Waals surface area contributed by atoms with Gasteiger partial charge in [-0.2, -0.15) is 0 Å². The molecule has 1 atom stereocenters. The Hall–Kier alpha value is -1.98. The summed E-state index contributed by atoms with van der Waals surface area (Å²) in [4.78, 5) is 23.0. The van der Waals surface area contributed by atoms with Crippen LogP contribution in [0, 0.1) is 5.92 Å². The molecule has 0 aliphatic carbocycles. The van der Waals surface area contributed by atoms with Crippen LogP contribution in [0.15, 0.2) is 24.3 Å². The van der Waals surface area contributed by atoms with Gasteiger partial charge in [-0.05, 0) is 32.8 Å². The first-order valence-electron chi connectivity index (χ1n) is 6.90. The molecule has 0 unspecified atom stereocenters. The minimum absolute atomic E-state index is 0.0814. The fraction of sp³-hybridized carbons (Fsp3) is 0.500. The van der Waals surface area contributed by atoms with Crippen LogP contribution in [0.2, 0.25) is 0 Å². The molecule has 0 spiro atoms. The molecule has 0 amide bonds. The molecule has 1 aromatic rings. The normalized spacial score (nSPS) is 13.0. The van der Waals surface area contributed by atoms with Gasteiger partial charge in [-0.15, -0.1) is 0 Å². The van der Waals surface area contributed by atoms with E-state index in [4.69, 9.17) is 4.74 Å². The van der Waals surface area contributed by atoms with E-state index in [0.29, 0.717) is 5.56 Å². The zero-order valence-corrected chi connectivity index (χ0v) is 12.8. The van der Waals surface area contributed by atoms with Crippen LogP contribution in [-0.2, 0) is 20.7 Å². The van der Waals surface area contributed by atoms with E-state index in [2.05, 4.69) is 0 Å². The third kappa shape index (κ3) is 6.20. The summed E-state index contributed by atoms with van der Waals surface area (Å²) in [5.74, 6) is -2.67. The van der Waals surface area contributed by atoms with Crippen molar-refractivity contribution in [3.63, 3.8) is 0 Å². The summed E-state index contributed by atoms with van der Waals surface area (Å²) in [7, 11) is 0. The molecule has 1 N–H and O–H groups in total. The summed E-state index contributed by atoms with van der Waals surface area (Å²) in [6, 6.07) is 5.41. The molecule has 0 bridgehead atoms. The second-order valence-corrected chi connectivity index (χ2v) is 6.07. The Morgan fingerprint density at radius 1 is 1.18 bits per heavy atom. The number of carbonyl (C=O) groups is 2. The van der Waals surface area contributed by atoms with Crippen molar-refractivity contribution in [2.75, 3.05) is 0 Å². The smallest absolute Gasteiger partial charge is 0.307 e. The predicted molar refractivity (Wildman–Crippen MR) is 76.7 cm³/mol. The van der Waals surface area contributed by atoms with Gasteiger partial charge in [0.2, 0.25) is 0 Å². The lowest BCUT2D eigenvalue weighted by Gasteiger charge is -2.21. The monoisotopic (exact) mass is 314 g/mol. The molecular formula is C16H20F2O4. The predicted octanol–water partition coefficient (Wildman–Crippen LogP) is 3.60. The number of hydrogen-bond donors (Lipinski definition) is 1. The van der Waals surface area contributed by atoms with Crippen molar-refractivity contribution < 1.29 is 28.2 Å². The van der Waals surface area contributed by atoms with Crippen LogP contribution in [0.1, 0.15) is 44.7 Å². The number of carboxylic acid groups (broad SMARTS) is 1. The van der Waals surface area contributed by atoms with Gasteiger partial charge in [0.15, 0.2) is 0 Å². The van der Waals surface area contributed by atoms with Crippen LogP contribution >= 0.6 is 0 Å². The first-order valence-corrected chi connectivity index (χ1v) is 6.90. The number of aliphatic carboxylic acids is 1. The van der Waals surface area contributed by atoms with Crippen molar-refractivity contribution in [2.45, 2.75) is 45.6 Å². The van der Waals surface area contributed by atoms with E-state index in [1.165, 1.54) is 24.3 Å². The van der Waals surface area contributed by atoms with Crippen LogP contribution in [0.25, 0.3) is 0 Å². The highest BCUT2D eigenvalue weighted by Gasteiger charge is 2.25. The molecule has 1 rings (SSSR count). The molecule has 0 radical (unpaired) electrons. The van der Waals surface area contributed by atoms with Crippen LogP contribution in [0.4, 0.5) is 8.78 Å². The van der Waals surface area contributed by atoms with E-state index < -0.39 is 29.9 Å². The maximum atomic E-state index is 12.5. The third-order valence-corrected chi connectivity index (χ3v) is 2.90. The van der Waals surface area contributed by atoms with E-state index >= 15 is 0 Å². The van der Waals surface area contributed by atoms with Gasteiger partial charge in [-0.3, -0.25) is 9.59 Å². The number of hydrogen-bond acceptors (Lipinski definition) is 3. The minimum atomic E-state index is -2.56. The Morgan fingerprint density at radius 2 is 1.73 bits per heavy atom. The number of esters is 1. The molecule has 22 heavy (non-hydrogen) atoms. The highest BCUT2D eigenvalue weighted by Crippen LogP contribution is 2.21. The molecule has 0 heterocycles. The van der Waals surface area contributed by atoms with Gasteiger partial charge in [-0.25, -0.2) is 8.78 Å². The average molecular weight is 314 g/mol. The van der Waals surface area contributed by atoms with Crippen LogP contribution < -0.4 is 0 Å². The highest BCUT2D eigenvalue weighted by molar-refractivity contribution is 5.79. The molecule has 4 nitrogen and oxygen atoms in total. The van der Waals surface area contributed by atoms with Gasteiger partial charge >= 0.3 is 11.9 Å². The molecule has 0 aliphatic rings. The lowest BCUT2D eigenvalue weighted by atomic mass is 9.95. The van der Waals surface area contributed by atoms with Crippen LogP contribution in [0.5, 0.6) is 0 Å². The van der Waals surface area contributed by atoms with Gasteiger partial charge in [0.25, 0.3) is 6.43 Å². The number of ether oxygens (including phenoxy) is 1. The Bertz CT molecular complexity index is 518. The van der Waals surface area contributed by atoms with Gasteiger partial charge in [0, 0.05) is 5.56 Å². The molecule has 0 aromatic heterocycles. The van der Waals surface area contributed by atoms with Gasteiger partial charge in [-0.1, -0.05) is 24.3 Å². The Balaban J connectivity index is 2.72. The maximum Gasteiger partial charge on any atom is 0.307 e. The number of rotatable bonds is 6. The van der Waals surface area contributed by atoms with Gasteiger partial charge < -0.3 is 9.84 Å². The van der Waals surface area contributed by atoms with E-state index in [0.717, 1.165) is 0 Å². The van der Waals surface area contributed by atoms with Crippen molar-refractivity contribution in [3.8, 4) is 0 Å². The van der Waals surface area contributed by atoms with E-state index in [9.17, 15) is 23.5 Å². The number of carboxylic acids is 1. The largest absolute Gasteiger partial charge is 0.481 e. The molecule has 1 aromatic carbocycles. The summed E-state index contributed by atoms with van der Waals surface area (Å²) in [6.45, 7) is 5.09. The topological polar surface area (TPSA) is 63.6 Å². The standard InChI is InChI=1S/C16H20F2O4/c1-16(2,3)22-13(19)9-12(15(20)21)8-10-4-6-11(7-5-10)14(17)18/h4-7,12,14H,8-9H2,1-3H3,(H,20,21)/t12-/m1/s1. The summed E-state index contributed by atoms with van der Waals surface area (Å²) < 4.78 is 30.0. The SMILES string of the molecule is CC(C)(C)OC(=O)C[C@@H](Cc1ccc(C(F)F)cc1)C(=O)O. The summed E-state index contributed by atoms with van der Waals surface area (Å²) in [6.07, 6.45) is -2.74. The maximum absolute atomic E-state index is 12.5. The second-order valence-electron chi connectivity index (χ2n) is 6.07. The average Bonchev–Trinajstić information content (AvgIpc) is 2.36.